The molecule has 0 spiro atoms. The van der Waals surface area contributed by atoms with Crippen molar-refractivity contribution in [1.29, 1.82) is 0 Å². The molecule has 1 unspecified atom stereocenters. The highest BCUT2D eigenvalue weighted by Crippen LogP contribution is 2.54. The van der Waals surface area contributed by atoms with Gasteiger partial charge in [0.25, 0.3) is 0 Å². The van der Waals surface area contributed by atoms with Gasteiger partial charge in [0.2, 0.25) is 0 Å². The van der Waals surface area contributed by atoms with E-state index in [4.69, 9.17) is 17.0 Å². The van der Waals surface area contributed by atoms with Crippen LogP contribution in [-0.2, 0) is 43.8 Å². The van der Waals surface area contributed by atoms with Crippen LogP contribution in [0.4, 0.5) is 0 Å². The van der Waals surface area contributed by atoms with E-state index in [2.05, 4.69) is 32.9 Å². The van der Waals surface area contributed by atoms with Crippen LogP contribution in [0.25, 0.3) is 0 Å². The molecule has 6 N–H and O–H groups in total. The topological polar surface area (TPSA) is 182 Å². The van der Waals surface area contributed by atoms with Gasteiger partial charge in [0, 0.05) is 25.2 Å². The number of hydrogen-bond acceptors (Lipinski definition) is 8. The summed E-state index contributed by atoms with van der Waals surface area (Å²) in [6, 6.07) is 12.3. The number of benzene rings is 3. The van der Waals surface area contributed by atoms with Crippen LogP contribution in [-0.4, -0.2) is 80.0 Å². The number of unbranched alkanes of at least 4 members (excludes halogenated alkanes) is 9. The smallest absolute Gasteiger partial charge is 0.303 e. The van der Waals surface area contributed by atoms with Gasteiger partial charge in [-0.25, -0.2) is 0 Å². The van der Waals surface area contributed by atoms with Gasteiger partial charge in [-0.2, -0.15) is 0 Å². The molecule has 3 aromatic carbocycles. The summed E-state index contributed by atoms with van der Waals surface area (Å²) in [6.45, 7) is 12.5. The number of thiocarbonyl (C=S) groups is 1. The lowest BCUT2D eigenvalue weighted by atomic mass is 9.57. The van der Waals surface area contributed by atoms with E-state index in [1.807, 2.05) is 52.0 Å². The Morgan fingerprint density at radius 1 is 0.547 bits per heavy atom. The fourth-order valence-corrected chi connectivity index (χ4v) is 10.4. The summed E-state index contributed by atoms with van der Waals surface area (Å²) in [5.74, 6) is -3.06. The van der Waals surface area contributed by atoms with Crippen molar-refractivity contribution in [2.24, 2.45) is 5.41 Å². The second-order valence-electron chi connectivity index (χ2n) is 18.4. The molecule has 0 saturated heterocycles. The van der Waals surface area contributed by atoms with Crippen molar-refractivity contribution < 1.29 is 49.8 Å². The first-order chi connectivity index (χ1) is 30.4. The number of ether oxygens (including phenoxy) is 1. The first-order valence-electron chi connectivity index (χ1n) is 23.4. The molecule has 0 aliphatic rings. The maximum absolute atomic E-state index is 11.8. The number of aliphatic carboxylic acids is 3. The molecule has 0 bridgehead atoms. The second kappa shape index (κ2) is 26.1. The first kappa shape index (κ1) is 54.2. The molecule has 3 aromatic rings. The van der Waals surface area contributed by atoms with Gasteiger partial charge in [0.05, 0.1) is 30.7 Å². The molecule has 0 aliphatic carbocycles. The van der Waals surface area contributed by atoms with Crippen LogP contribution in [0.15, 0.2) is 36.4 Å². The molecule has 0 amide bonds. The maximum Gasteiger partial charge on any atom is 0.303 e. The molecule has 64 heavy (non-hydrogen) atoms. The van der Waals surface area contributed by atoms with Crippen molar-refractivity contribution in [3.05, 3.63) is 103 Å². The molecule has 1 atom stereocenters. The summed E-state index contributed by atoms with van der Waals surface area (Å²) >= 11 is 6.69. The molecule has 0 saturated carbocycles. The molecule has 0 aromatic heterocycles. The predicted octanol–water partition coefficient (Wildman–Crippen LogP) is 10.3. The number of carboxylic acids is 3. The van der Waals surface area contributed by atoms with E-state index in [0.717, 1.165) is 92.4 Å². The molecule has 354 valence electrons. The number of aryl methyl sites for hydroxylation is 9. The van der Waals surface area contributed by atoms with E-state index in [1.165, 1.54) is 38.5 Å². The van der Waals surface area contributed by atoms with Crippen LogP contribution >= 0.6 is 12.2 Å². The van der Waals surface area contributed by atoms with Gasteiger partial charge in [-0.15, -0.1) is 0 Å². The molecule has 10 nitrogen and oxygen atoms in total. The zero-order chi connectivity index (χ0) is 47.6. The average Bonchev–Trinajstić information content (AvgIpc) is 3.23. The van der Waals surface area contributed by atoms with E-state index in [0.29, 0.717) is 25.7 Å². The van der Waals surface area contributed by atoms with E-state index in [9.17, 15) is 45.0 Å². The van der Waals surface area contributed by atoms with Crippen LogP contribution in [0.3, 0.4) is 0 Å². The van der Waals surface area contributed by atoms with Crippen LogP contribution < -0.4 is 0 Å². The van der Waals surface area contributed by atoms with Crippen molar-refractivity contribution in [3.63, 3.8) is 0 Å². The van der Waals surface area contributed by atoms with Gasteiger partial charge in [0.15, 0.2) is 5.05 Å². The van der Waals surface area contributed by atoms with Crippen LogP contribution in [0, 0.1) is 47.0 Å². The van der Waals surface area contributed by atoms with E-state index in [1.54, 1.807) is 0 Å². The first-order valence-corrected chi connectivity index (χ1v) is 23.8. The molecular weight excluding hydrogens is 829 g/mol. The lowest BCUT2D eigenvalue weighted by Gasteiger charge is -2.47. The van der Waals surface area contributed by atoms with Crippen molar-refractivity contribution >= 4 is 35.2 Å². The lowest BCUT2D eigenvalue weighted by Crippen LogP contribution is -2.48. The highest BCUT2D eigenvalue weighted by atomic mass is 32.1. The average molecular weight is 905 g/mol. The molecule has 0 radical (unpaired) electrons. The summed E-state index contributed by atoms with van der Waals surface area (Å²) in [5.41, 5.74) is 8.23. The number of aliphatic hydroxyl groups is 3. The Morgan fingerprint density at radius 3 is 1.20 bits per heavy atom. The van der Waals surface area contributed by atoms with E-state index >= 15 is 0 Å². The summed E-state index contributed by atoms with van der Waals surface area (Å²) < 4.78 is 6.79. The second-order valence-corrected chi connectivity index (χ2v) is 18.8. The van der Waals surface area contributed by atoms with Crippen LogP contribution in [0.2, 0.25) is 0 Å². The third kappa shape index (κ3) is 14.4. The Kier molecular flexibility index (Phi) is 22.1. The van der Waals surface area contributed by atoms with Gasteiger partial charge in [-0.05, 0) is 146 Å². The summed E-state index contributed by atoms with van der Waals surface area (Å²) in [5, 5.41) is 60.6. The Labute approximate surface area is 387 Å². The van der Waals surface area contributed by atoms with Crippen LogP contribution in [0.1, 0.15) is 169 Å². The van der Waals surface area contributed by atoms with E-state index < -0.39 is 48.6 Å². The number of rotatable bonds is 30. The number of carboxylic acid groups (broad SMARTS) is 3. The molecule has 3 rings (SSSR count). The molecular formula is C53H76O10S. The van der Waals surface area contributed by atoms with Gasteiger partial charge in [-0.3, -0.25) is 14.4 Å². The molecule has 11 heteroatoms. The van der Waals surface area contributed by atoms with Gasteiger partial charge < -0.3 is 35.4 Å². The largest absolute Gasteiger partial charge is 0.485 e. The number of carbonyl (C=O) groups is 3. The summed E-state index contributed by atoms with van der Waals surface area (Å²) in [4.78, 5) is 35.2. The van der Waals surface area contributed by atoms with Crippen molar-refractivity contribution in [3.8, 4) is 0 Å². The Bertz CT molecular complexity index is 1880. The van der Waals surface area contributed by atoms with Crippen molar-refractivity contribution in [2.45, 2.75) is 169 Å². The zero-order valence-electron chi connectivity index (χ0n) is 39.6. The monoisotopic (exact) mass is 905 g/mol. The standard InChI is InChI=1S/C53H76O10S/c1-8-9-10-11-12-13-14-15-16-17-18-44(48-35(2)25-41(26-36(48)3)19-22-45(57)58)53(51(64)63-34-52(31-54,32-55)33-56,49-37(4)27-42(28-38(49)5)20-23-46(59)60)50-39(6)29-43(30-40(50)7)21-24-47(61)62/h25-30,44,54-56H,8-24,31-34H2,1-7H3,(H,57,58)(H,59,60)(H,61,62). The SMILES string of the molecule is CCCCCCCCCCCCC(c1c(C)cc(CCC(=O)O)cc1C)C(C(=S)OCC(CO)(CO)CO)(c1c(C)cc(CCC(=O)O)cc1C)c1c(C)cc(CCC(=O)O)cc1C. The number of aliphatic hydroxyl groups excluding tert-OH is 3. The fraction of sp³-hybridized carbons (Fsp3) is 0.585. The normalized spacial score (nSPS) is 12.3. The maximum atomic E-state index is 11.8. The third-order valence-corrected chi connectivity index (χ3v) is 13.5. The Morgan fingerprint density at radius 2 is 0.875 bits per heavy atom. The van der Waals surface area contributed by atoms with Gasteiger partial charge in [0.1, 0.15) is 6.61 Å². The van der Waals surface area contributed by atoms with Gasteiger partial charge >= 0.3 is 17.9 Å². The summed E-state index contributed by atoms with van der Waals surface area (Å²) in [7, 11) is 0. The fourth-order valence-electron chi connectivity index (χ4n) is 10.0. The quantitative estimate of drug-likeness (QED) is 0.0277. The highest BCUT2D eigenvalue weighted by Gasteiger charge is 2.52. The molecule has 0 fully saturated rings. The van der Waals surface area contributed by atoms with Crippen LogP contribution in [0.5, 0.6) is 0 Å². The highest BCUT2D eigenvalue weighted by molar-refractivity contribution is 7.80. The minimum atomic E-state index is -1.41. The minimum absolute atomic E-state index is 0.0102. The molecule has 0 aliphatic heterocycles. The Hall–Kier alpha value is -4.16. The van der Waals surface area contributed by atoms with Crippen molar-refractivity contribution in [1.82, 2.24) is 0 Å². The molecule has 0 heterocycles. The predicted molar refractivity (Wildman–Crippen MR) is 258 cm³/mol. The zero-order valence-corrected chi connectivity index (χ0v) is 40.4. The number of hydrogen-bond donors (Lipinski definition) is 6. The summed E-state index contributed by atoms with van der Waals surface area (Å²) in [6.07, 6.45) is 13.0. The van der Waals surface area contributed by atoms with Crippen molar-refractivity contribution in [2.75, 3.05) is 26.4 Å². The minimum Gasteiger partial charge on any atom is -0.485 e. The Balaban J connectivity index is 2.52. The van der Waals surface area contributed by atoms with E-state index in [-0.39, 0.29) is 36.8 Å². The third-order valence-electron chi connectivity index (χ3n) is 13.1. The lowest BCUT2D eigenvalue weighted by molar-refractivity contribution is -0.138. The van der Waals surface area contributed by atoms with Gasteiger partial charge in [-0.1, -0.05) is 108 Å².